The van der Waals surface area contributed by atoms with Crippen LogP contribution in [0.1, 0.15) is 188 Å². The summed E-state index contributed by atoms with van der Waals surface area (Å²) in [5.74, 6) is -0.635. The Morgan fingerprint density at radius 2 is 0.738 bits per heavy atom. The van der Waals surface area contributed by atoms with Crippen LogP contribution in [-0.4, -0.2) is 25.2 Å². The number of rotatable bonds is 28. The van der Waals surface area contributed by atoms with E-state index in [1.165, 1.54) is 128 Å². The summed E-state index contributed by atoms with van der Waals surface area (Å²) in [5, 5.41) is 3.20. The van der Waals surface area contributed by atoms with Crippen LogP contribution in [0.5, 0.6) is 0 Å². The monoisotopic (exact) mass is 590 g/mol. The molecule has 0 radical (unpaired) electrons. The van der Waals surface area contributed by atoms with Gasteiger partial charge in [0.25, 0.3) is 0 Å². The molecular weight excluding hydrogens is 522 g/mol. The Hall–Kier alpha value is -1.78. The molecule has 0 aliphatic carbocycles. The molecule has 1 rings (SSSR count). The summed E-state index contributed by atoms with van der Waals surface area (Å²) in [6.07, 6.45) is 31.0. The first kappa shape index (κ1) is 38.2. The van der Waals surface area contributed by atoms with Crippen LogP contribution in [0.2, 0.25) is 0 Å². The third-order valence-corrected chi connectivity index (χ3v) is 8.59. The molecule has 0 amide bonds. The van der Waals surface area contributed by atoms with Gasteiger partial charge in [0.05, 0.1) is 24.4 Å². The predicted molar refractivity (Wildman–Crippen MR) is 177 cm³/mol. The normalized spacial score (nSPS) is 13.4. The van der Waals surface area contributed by atoms with Gasteiger partial charge < -0.3 is 14.8 Å². The maximum atomic E-state index is 12.8. The fraction of sp³-hybridized carbons (Fsp3) is 0.838. The van der Waals surface area contributed by atoms with Crippen LogP contribution in [0, 0.1) is 0 Å². The van der Waals surface area contributed by atoms with Gasteiger partial charge in [-0.15, -0.1) is 0 Å². The van der Waals surface area contributed by atoms with Gasteiger partial charge in [0, 0.05) is 17.8 Å². The molecule has 5 heteroatoms. The molecule has 1 aliphatic heterocycles. The van der Waals surface area contributed by atoms with Crippen molar-refractivity contribution in [2.75, 3.05) is 13.2 Å². The first-order valence-corrected chi connectivity index (χ1v) is 18.0. The zero-order valence-electron chi connectivity index (χ0n) is 28.2. The van der Waals surface area contributed by atoms with Crippen LogP contribution in [0.25, 0.3) is 0 Å². The highest BCUT2D eigenvalue weighted by Gasteiger charge is 2.26. The van der Waals surface area contributed by atoms with E-state index in [4.69, 9.17) is 9.47 Å². The van der Waals surface area contributed by atoms with Crippen molar-refractivity contribution < 1.29 is 19.1 Å². The highest BCUT2D eigenvalue weighted by molar-refractivity contribution is 5.96. The average molecular weight is 590 g/mol. The predicted octanol–water partition coefficient (Wildman–Crippen LogP) is 11.0. The lowest BCUT2D eigenvalue weighted by molar-refractivity contribution is -0.139. The van der Waals surface area contributed by atoms with Crippen molar-refractivity contribution in [3.05, 3.63) is 22.5 Å². The first-order chi connectivity index (χ1) is 20.5. The number of ether oxygens (including phenoxy) is 2. The molecule has 0 saturated carbocycles. The van der Waals surface area contributed by atoms with Gasteiger partial charge in [0.1, 0.15) is 0 Å². The lowest BCUT2D eigenvalue weighted by Crippen LogP contribution is -2.27. The SMILES string of the molecule is CCCCCCCCCCCCCCOC(=O)C1=C(C)NC(C)=C(C(=O)OCCCCCCCCCCCCCC)C1. The van der Waals surface area contributed by atoms with Crippen LogP contribution in [-0.2, 0) is 19.1 Å². The molecule has 0 aromatic rings. The molecule has 0 unspecified atom stereocenters. The Kier molecular flexibility index (Phi) is 24.4. The quantitative estimate of drug-likeness (QED) is 0.0726. The smallest absolute Gasteiger partial charge is 0.336 e. The van der Waals surface area contributed by atoms with Crippen LogP contribution in [0.15, 0.2) is 22.5 Å². The molecule has 1 aliphatic rings. The number of unbranched alkanes of at least 4 members (excludes halogenated alkanes) is 22. The second-order valence-corrected chi connectivity index (χ2v) is 12.6. The minimum absolute atomic E-state index is 0.277. The number of hydrogen-bond donors (Lipinski definition) is 1. The summed E-state index contributed by atoms with van der Waals surface area (Å²) < 4.78 is 11.2. The number of allylic oxidation sites excluding steroid dienone is 2. The van der Waals surface area contributed by atoms with E-state index >= 15 is 0 Å². The minimum atomic E-state index is -0.318. The minimum Gasteiger partial charge on any atom is -0.462 e. The van der Waals surface area contributed by atoms with E-state index < -0.39 is 0 Å². The van der Waals surface area contributed by atoms with Crippen molar-refractivity contribution in [1.29, 1.82) is 0 Å². The Morgan fingerprint density at radius 1 is 0.476 bits per heavy atom. The van der Waals surface area contributed by atoms with Crippen molar-refractivity contribution in [3.63, 3.8) is 0 Å². The Labute approximate surface area is 260 Å². The van der Waals surface area contributed by atoms with Gasteiger partial charge in [-0.1, -0.05) is 155 Å². The highest BCUT2D eigenvalue weighted by atomic mass is 16.5. The number of carbonyl (C=O) groups excluding carboxylic acids is 2. The molecule has 42 heavy (non-hydrogen) atoms. The standard InChI is InChI=1S/C37H67NO4/c1-5-7-9-11-13-15-17-19-21-23-25-27-29-41-36(39)34-31-35(33(4)38-32(34)3)37(40)42-30-28-26-24-22-20-18-16-14-12-10-8-6-2/h38H,5-31H2,1-4H3. The van der Waals surface area contributed by atoms with Gasteiger partial charge in [-0.3, -0.25) is 0 Å². The van der Waals surface area contributed by atoms with E-state index in [1.54, 1.807) is 0 Å². The fourth-order valence-electron chi connectivity index (χ4n) is 5.71. The average Bonchev–Trinajstić information content (AvgIpc) is 2.97. The van der Waals surface area contributed by atoms with E-state index in [0.717, 1.165) is 37.1 Å². The number of hydrogen-bond acceptors (Lipinski definition) is 5. The number of esters is 2. The van der Waals surface area contributed by atoms with Crippen molar-refractivity contribution >= 4 is 11.9 Å². The largest absolute Gasteiger partial charge is 0.462 e. The van der Waals surface area contributed by atoms with Gasteiger partial charge in [0.2, 0.25) is 0 Å². The van der Waals surface area contributed by atoms with E-state index in [9.17, 15) is 9.59 Å². The summed E-state index contributed by atoms with van der Waals surface area (Å²) in [5.41, 5.74) is 2.61. The second kappa shape index (κ2) is 26.8. The lowest BCUT2D eigenvalue weighted by Gasteiger charge is -2.22. The van der Waals surface area contributed by atoms with Crippen LogP contribution in [0.4, 0.5) is 0 Å². The highest BCUT2D eigenvalue weighted by Crippen LogP contribution is 2.25. The molecule has 0 bridgehead atoms. The van der Waals surface area contributed by atoms with E-state index in [2.05, 4.69) is 19.2 Å². The molecule has 1 N–H and O–H groups in total. The first-order valence-electron chi connectivity index (χ1n) is 18.0. The van der Waals surface area contributed by atoms with Crippen molar-refractivity contribution in [2.24, 2.45) is 0 Å². The van der Waals surface area contributed by atoms with Gasteiger partial charge in [-0.2, -0.15) is 0 Å². The second-order valence-electron chi connectivity index (χ2n) is 12.6. The van der Waals surface area contributed by atoms with Gasteiger partial charge in [0.15, 0.2) is 0 Å². The topological polar surface area (TPSA) is 64.6 Å². The lowest BCUT2D eigenvalue weighted by atomic mass is 9.98. The van der Waals surface area contributed by atoms with Crippen molar-refractivity contribution in [3.8, 4) is 0 Å². The Balaban J connectivity index is 2.12. The summed E-state index contributed by atoms with van der Waals surface area (Å²) in [7, 11) is 0. The zero-order chi connectivity index (χ0) is 30.7. The van der Waals surface area contributed by atoms with Gasteiger partial charge >= 0.3 is 11.9 Å². The van der Waals surface area contributed by atoms with Crippen molar-refractivity contribution in [2.45, 2.75) is 188 Å². The molecule has 0 spiro atoms. The molecule has 1 heterocycles. The number of dihydropyridines is 1. The number of carbonyl (C=O) groups is 2. The van der Waals surface area contributed by atoms with E-state index in [-0.39, 0.29) is 18.4 Å². The summed E-state index contributed by atoms with van der Waals surface area (Å²) in [6.45, 7) is 9.15. The fourth-order valence-corrected chi connectivity index (χ4v) is 5.71. The van der Waals surface area contributed by atoms with Crippen LogP contribution < -0.4 is 5.32 Å². The third kappa shape index (κ3) is 19.4. The Bertz CT molecular complexity index is 708. The van der Waals surface area contributed by atoms with Gasteiger partial charge in [-0.05, 0) is 26.7 Å². The zero-order valence-corrected chi connectivity index (χ0v) is 28.2. The molecule has 0 saturated heterocycles. The summed E-state index contributed by atoms with van der Waals surface area (Å²) in [6, 6.07) is 0. The summed E-state index contributed by atoms with van der Waals surface area (Å²) in [4.78, 5) is 25.6. The molecule has 0 aromatic heterocycles. The Morgan fingerprint density at radius 3 is 1.02 bits per heavy atom. The third-order valence-electron chi connectivity index (χ3n) is 8.59. The molecular formula is C37H67NO4. The van der Waals surface area contributed by atoms with Gasteiger partial charge in [-0.25, -0.2) is 9.59 Å². The molecule has 0 fully saturated rings. The maximum absolute atomic E-state index is 12.8. The molecule has 0 atom stereocenters. The molecule has 0 aromatic carbocycles. The number of nitrogens with one attached hydrogen (secondary N) is 1. The van der Waals surface area contributed by atoms with Crippen LogP contribution in [0.3, 0.4) is 0 Å². The molecule has 244 valence electrons. The summed E-state index contributed by atoms with van der Waals surface area (Å²) >= 11 is 0. The van der Waals surface area contributed by atoms with E-state index in [0.29, 0.717) is 24.4 Å². The molecule has 5 nitrogen and oxygen atoms in total. The van der Waals surface area contributed by atoms with Crippen LogP contribution >= 0.6 is 0 Å². The van der Waals surface area contributed by atoms with Crippen molar-refractivity contribution in [1.82, 2.24) is 5.32 Å². The van der Waals surface area contributed by atoms with E-state index in [1.807, 2.05) is 13.8 Å². The maximum Gasteiger partial charge on any atom is 0.336 e.